The van der Waals surface area contributed by atoms with Crippen molar-refractivity contribution < 1.29 is 18.8 Å². The molecule has 5 rings (SSSR count). The molecule has 174 valence electrons. The number of nitrogens with one attached hydrogen (secondary N) is 1. The van der Waals surface area contributed by atoms with Gasteiger partial charge in [0.15, 0.2) is 5.58 Å². The highest BCUT2D eigenvalue weighted by Gasteiger charge is 2.25. The van der Waals surface area contributed by atoms with Gasteiger partial charge in [0.05, 0.1) is 19.4 Å². The number of amides is 1. The topological polar surface area (TPSA) is 76.8 Å². The molecule has 3 heterocycles. The van der Waals surface area contributed by atoms with E-state index in [1.807, 2.05) is 30.3 Å². The Labute approximate surface area is 194 Å². The van der Waals surface area contributed by atoms with Crippen LogP contribution in [0.5, 0.6) is 11.5 Å². The molecule has 0 bridgehead atoms. The normalized spacial score (nSPS) is 17.1. The average molecular weight is 450 g/mol. The van der Waals surface area contributed by atoms with Crippen molar-refractivity contribution in [2.24, 2.45) is 0 Å². The zero-order valence-corrected chi connectivity index (χ0v) is 19.1. The van der Waals surface area contributed by atoms with Crippen LogP contribution in [0.15, 0.2) is 40.9 Å². The summed E-state index contributed by atoms with van der Waals surface area (Å²) in [6, 6.07) is 11.9. The molecule has 7 heteroatoms. The van der Waals surface area contributed by atoms with Crippen molar-refractivity contribution in [1.29, 1.82) is 0 Å². The molecule has 1 saturated heterocycles. The Morgan fingerprint density at radius 3 is 2.79 bits per heavy atom. The standard InChI is InChI=1S/C26H31N3O4/c1-31-20-7-8-24-22(16-20)26(28-33-24)19-10-13-29(14-11-19)12-2-3-15-32-21-6-4-18-5-9-25(30)27-23(18)17-21/h4,6-8,16-17,19H,2-3,5,9-15H2,1H3,(H,27,30). The Bertz CT molecular complexity index is 1120. The fraction of sp³-hybridized carbons (Fsp3) is 0.462. The predicted molar refractivity (Wildman–Crippen MR) is 127 cm³/mol. The van der Waals surface area contributed by atoms with Crippen molar-refractivity contribution >= 4 is 22.6 Å². The summed E-state index contributed by atoms with van der Waals surface area (Å²) in [5.41, 5.74) is 3.97. The first-order valence-corrected chi connectivity index (χ1v) is 11.9. The number of ether oxygens (including phenoxy) is 2. The molecule has 2 aliphatic heterocycles. The quantitative estimate of drug-likeness (QED) is 0.500. The Kier molecular flexibility index (Phi) is 6.48. The number of methoxy groups -OCH3 is 1. The number of rotatable bonds is 8. The van der Waals surface area contributed by atoms with Crippen LogP contribution in [0.4, 0.5) is 5.69 Å². The largest absolute Gasteiger partial charge is 0.497 e. The minimum atomic E-state index is 0.0832. The van der Waals surface area contributed by atoms with Crippen LogP contribution in [0, 0.1) is 0 Å². The van der Waals surface area contributed by atoms with E-state index in [1.54, 1.807) is 7.11 Å². The number of carbonyl (C=O) groups excluding carboxylic acids is 1. The highest BCUT2D eigenvalue weighted by atomic mass is 16.5. The number of hydrogen-bond donors (Lipinski definition) is 1. The van der Waals surface area contributed by atoms with Crippen LogP contribution in [-0.4, -0.2) is 49.3 Å². The van der Waals surface area contributed by atoms with Gasteiger partial charge in [-0.15, -0.1) is 0 Å². The number of nitrogens with zero attached hydrogens (tertiary/aromatic N) is 2. The maximum Gasteiger partial charge on any atom is 0.224 e. The molecular weight excluding hydrogens is 418 g/mol. The third-order valence-electron chi connectivity index (χ3n) is 6.79. The summed E-state index contributed by atoms with van der Waals surface area (Å²) in [7, 11) is 1.68. The molecule has 3 aromatic rings. The molecule has 1 aromatic heterocycles. The molecule has 1 N–H and O–H groups in total. The number of aromatic nitrogens is 1. The second kappa shape index (κ2) is 9.83. The molecule has 0 spiro atoms. The van der Waals surface area contributed by atoms with E-state index in [2.05, 4.69) is 21.4 Å². The van der Waals surface area contributed by atoms with Gasteiger partial charge in [0.25, 0.3) is 0 Å². The first-order valence-electron chi connectivity index (χ1n) is 11.9. The number of anilines is 1. The molecule has 2 aliphatic rings. The molecular formula is C26H31N3O4. The van der Waals surface area contributed by atoms with Gasteiger partial charge in [0, 0.05) is 29.5 Å². The first kappa shape index (κ1) is 21.8. The zero-order chi connectivity index (χ0) is 22.6. The second-order valence-electron chi connectivity index (χ2n) is 8.97. The van der Waals surface area contributed by atoms with Crippen molar-refractivity contribution in [2.75, 3.05) is 38.7 Å². The van der Waals surface area contributed by atoms with E-state index in [9.17, 15) is 4.79 Å². The minimum Gasteiger partial charge on any atom is -0.497 e. The Morgan fingerprint density at radius 2 is 1.94 bits per heavy atom. The first-order chi connectivity index (χ1) is 16.2. The third-order valence-corrected chi connectivity index (χ3v) is 6.79. The lowest BCUT2D eigenvalue weighted by molar-refractivity contribution is -0.116. The number of benzene rings is 2. The van der Waals surface area contributed by atoms with E-state index in [1.165, 1.54) is 5.56 Å². The SMILES string of the molecule is COc1ccc2onc(C3CCN(CCCCOc4ccc5c(c4)NC(=O)CC5)CC3)c2c1. The van der Waals surface area contributed by atoms with Gasteiger partial charge in [-0.1, -0.05) is 11.2 Å². The van der Waals surface area contributed by atoms with E-state index in [-0.39, 0.29) is 5.91 Å². The number of fused-ring (bicyclic) bond motifs is 2. The zero-order valence-electron chi connectivity index (χ0n) is 19.1. The summed E-state index contributed by atoms with van der Waals surface area (Å²) in [6.07, 6.45) is 5.67. The molecule has 33 heavy (non-hydrogen) atoms. The summed E-state index contributed by atoms with van der Waals surface area (Å²) in [4.78, 5) is 14.1. The number of unbranched alkanes of at least 4 members (excludes halogenated alkanes) is 1. The van der Waals surface area contributed by atoms with Crippen molar-refractivity contribution in [3.8, 4) is 11.5 Å². The third kappa shape index (κ3) is 4.98. The minimum absolute atomic E-state index is 0.0832. The van der Waals surface area contributed by atoms with Crippen LogP contribution in [0.1, 0.15) is 49.3 Å². The molecule has 0 atom stereocenters. The number of likely N-dealkylation sites (tertiary alicyclic amines) is 1. The van der Waals surface area contributed by atoms with Gasteiger partial charge in [-0.2, -0.15) is 0 Å². The van der Waals surface area contributed by atoms with Crippen molar-refractivity contribution in [3.63, 3.8) is 0 Å². The average Bonchev–Trinajstić information content (AvgIpc) is 3.27. The van der Waals surface area contributed by atoms with Crippen LogP contribution in [0.25, 0.3) is 11.0 Å². The van der Waals surface area contributed by atoms with Crippen molar-refractivity contribution in [3.05, 3.63) is 47.7 Å². The summed E-state index contributed by atoms with van der Waals surface area (Å²) in [5.74, 6) is 2.18. The lowest BCUT2D eigenvalue weighted by Crippen LogP contribution is -2.34. The van der Waals surface area contributed by atoms with Crippen LogP contribution >= 0.6 is 0 Å². The summed E-state index contributed by atoms with van der Waals surface area (Å²) < 4.78 is 16.8. The molecule has 1 fully saturated rings. The lowest BCUT2D eigenvalue weighted by Gasteiger charge is -2.31. The van der Waals surface area contributed by atoms with E-state index in [4.69, 9.17) is 14.0 Å². The van der Waals surface area contributed by atoms with Crippen LogP contribution in [0.3, 0.4) is 0 Å². The molecule has 1 amide bonds. The number of hydrogen-bond acceptors (Lipinski definition) is 6. The molecule has 0 saturated carbocycles. The summed E-state index contributed by atoms with van der Waals surface area (Å²) >= 11 is 0. The molecule has 0 aliphatic carbocycles. The van der Waals surface area contributed by atoms with Gasteiger partial charge in [0.1, 0.15) is 11.5 Å². The van der Waals surface area contributed by atoms with E-state index in [0.29, 0.717) is 18.9 Å². The lowest BCUT2D eigenvalue weighted by atomic mass is 9.91. The number of piperidine rings is 1. The Hall–Kier alpha value is -3.06. The smallest absolute Gasteiger partial charge is 0.224 e. The van der Waals surface area contributed by atoms with E-state index < -0.39 is 0 Å². The van der Waals surface area contributed by atoms with Gasteiger partial charge in [-0.25, -0.2) is 0 Å². The van der Waals surface area contributed by atoms with Crippen molar-refractivity contribution in [1.82, 2.24) is 10.1 Å². The van der Waals surface area contributed by atoms with E-state index >= 15 is 0 Å². The van der Waals surface area contributed by atoms with E-state index in [0.717, 1.165) is 85.6 Å². The van der Waals surface area contributed by atoms with Gasteiger partial charge in [-0.3, -0.25) is 4.79 Å². The number of carbonyl (C=O) groups is 1. The highest BCUT2D eigenvalue weighted by molar-refractivity contribution is 5.94. The Morgan fingerprint density at radius 1 is 1.09 bits per heavy atom. The summed E-state index contributed by atoms with van der Waals surface area (Å²) in [6.45, 7) is 3.93. The van der Waals surface area contributed by atoms with Gasteiger partial charge < -0.3 is 24.2 Å². The van der Waals surface area contributed by atoms with Gasteiger partial charge >= 0.3 is 0 Å². The molecule has 2 aromatic carbocycles. The van der Waals surface area contributed by atoms with Crippen LogP contribution in [0.2, 0.25) is 0 Å². The Balaban J connectivity index is 1.04. The fourth-order valence-electron chi connectivity index (χ4n) is 4.86. The molecule has 7 nitrogen and oxygen atoms in total. The number of aryl methyl sites for hydroxylation is 1. The summed E-state index contributed by atoms with van der Waals surface area (Å²) in [5, 5.41) is 8.38. The van der Waals surface area contributed by atoms with Gasteiger partial charge in [-0.05, 0) is 81.6 Å². The van der Waals surface area contributed by atoms with Crippen LogP contribution < -0.4 is 14.8 Å². The predicted octanol–water partition coefficient (Wildman–Crippen LogP) is 4.76. The fourth-order valence-corrected chi connectivity index (χ4v) is 4.86. The van der Waals surface area contributed by atoms with Crippen molar-refractivity contribution in [2.45, 2.75) is 44.4 Å². The van der Waals surface area contributed by atoms with Gasteiger partial charge in [0.2, 0.25) is 5.91 Å². The highest BCUT2D eigenvalue weighted by Crippen LogP contribution is 2.34. The monoisotopic (exact) mass is 449 g/mol. The molecule has 0 radical (unpaired) electrons. The second-order valence-corrected chi connectivity index (χ2v) is 8.97. The molecule has 0 unspecified atom stereocenters. The van der Waals surface area contributed by atoms with Crippen LogP contribution in [-0.2, 0) is 11.2 Å². The maximum absolute atomic E-state index is 11.6. The maximum atomic E-state index is 11.6.